The van der Waals surface area contributed by atoms with Gasteiger partial charge in [0.2, 0.25) is 0 Å². The zero-order valence-electron chi connectivity index (χ0n) is 12.1. The molecule has 1 N–H and O–H groups in total. The van der Waals surface area contributed by atoms with Crippen LogP contribution in [0.1, 0.15) is 44.6 Å². The van der Waals surface area contributed by atoms with E-state index in [0.717, 1.165) is 30.7 Å². The molecule has 19 heavy (non-hydrogen) atoms. The van der Waals surface area contributed by atoms with E-state index in [4.69, 9.17) is 4.74 Å². The highest BCUT2D eigenvalue weighted by Gasteiger charge is 2.29. The van der Waals surface area contributed by atoms with Gasteiger partial charge in [-0.15, -0.1) is 0 Å². The Morgan fingerprint density at radius 2 is 2.05 bits per heavy atom. The predicted octanol–water partition coefficient (Wildman–Crippen LogP) is 3.58. The summed E-state index contributed by atoms with van der Waals surface area (Å²) in [5, 5.41) is 3.80. The van der Waals surface area contributed by atoms with Crippen LogP contribution in [0, 0.1) is 11.8 Å². The number of ether oxygens (including phenoxy) is 1. The lowest BCUT2D eigenvalue weighted by Gasteiger charge is -2.35. The van der Waals surface area contributed by atoms with Crippen molar-refractivity contribution in [1.82, 2.24) is 5.32 Å². The number of rotatable bonds is 3. The molecule has 1 aliphatic heterocycles. The van der Waals surface area contributed by atoms with E-state index in [9.17, 15) is 0 Å². The molecule has 0 saturated heterocycles. The minimum Gasteiger partial charge on any atom is -0.493 e. The minimum atomic E-state index is 0.528. The Labute approximate surface area is 116 Å². The second-order valence-corrected chi connectivity index (χ2v) is 6.33. The van der Waals surface area contributed by atoms with Crippen LogP contribution in [0.5, 0.6) is 5.75 Å². The van der Waals surface area contributed by atoms with E-state index in [-0.39, 0.29) is 0 Å². The Balaban J connectivity index is 1.59. The molecule has 2 aliphatic rings. The molecule has 1 aromatic rings. The third-order valence-corrected chi connectivity index (χ3v) is 5.13. The van der Waals surface area contributed by atoms with Crippen LogP contribution in [0.2, 0.25) is 0 Å². The SMILES string of the molecule is CC1CCCC(NCC2COc3ccccc32)C1C. The smallest absolute Gasteiger partial charge is 0.122 e. The van der Waals surface area contributed by atoms with Crippen LogP contribution in [0.15, 0.2) is 24.3 Å². The molecule has 3 rings (SSSR count). The summed E-state index contributed by atoms with van der Waals surface area (Å²) in [6.07, 6.45) is 4.11. The zero-order valence-corrected chi connectivity index (χ0v) is 12.1. The molecule has 2 nitrogen and oxygen atoms in total. The van der Waals surface area contributed by atoms with E-state index in [1.807, 2.05) is 0 Å². The fourth-order valence-electron chi connectivity index (χ4n) is 3.56. The van der Waals surface area contributed by atoms with Gasteiger partial charge in [-0.25, -0.2) is 0 Å². The van der Waals surface area contributed by atoms with Gasteiger partial charge in [0.1, 0.15) is 5.75 Å². The van der Waals surface area contributed by atoms with Crippen molar-refractivity contribution < 1.29 is 4.74 Å². The van der Waals surface area contributed by atoms with Crippen LogP contribution in [0.3, 0.4) is 0 Å². The zero-order chi connectivity index (χ0) is 13.2. The molecule has 1 aromatic carbocycles. The van der Waals surface area contributed by atoms with Crippen LogP contribution in [0.4, 0.5) is 0 Å². The first kappa shape index (κ1) is 13.0. The minimum absolute atomic E-state index is 0.528. The van der Waals surface area contributed by atoms with Crippen molar-refractivity contribution in [3.05, 3.63) is 29.8 Å². The summed E-state index contributed by atoms with van der Waals surface area (Å²) < 4.78 is 5.76. The molecule has 0 radical (unpaired) electrons. The molecule has 4 unspecified atom stereocenters. The van der Waals surface area contributed by atoms with E-state index in [2.05, 4.69) is 43.4 Å². The normalized spacial score (nSPS) is 33.8. The molecule has 104 valence electrons. The highest BCUT2D eigenvalue weighted by molar-refractivity contribution is 5.39. The molecule has 0 bridgehead atoms. The van der Waals surface area contributed by atoms with Crippen molar-refractivity contribution in [2.24, 2.45) is 11.8 Å². The van der Waals surface area contributed by atoms with Gasteiger partial charge in [0.05, 0.1) is 6.61 Å². The maximum Gasteiger partial charge on any atom is 0.122 e. The molecular formula is C17H25NO. The lowest BCUT2D eigenvalue weighted by atomic mass is 9.78. The molecule has 0 amide bonds. The summed E-state index contributed by atoms with van der Waals surface area (Å²) in [5.41, 5.74) is 1.38. The number of para-hydroxylation sites is 1. The summed E-state index contributed by atoms with van der Waals surface area (Å²) in [6, 6.07) is 9.16. The van der Waals surface area contributed by atoms with Crippen LogP contribution in [0.25, 0.3) is 0 Å². The van der Waals surface area contributed by atoms with E-state index >= 15 is 0 Å². The monoisotopic (exact) mass is 259 g/mol. The number of hydrogen-bond donors (Lipinski definition) is 1. The van der Waals surface area contributed by atoms with Crippen molar-refractivity contribution in [2.75, 3.05) is 13.2 Å². The van der Waals surface area contributed by atoms with Crippen molar-refractivity contribution in [1.29, 1.82) is 0 Å². The van der Waals surface area contributed by atoms with Gasteiger partial charge in [0.25, 0.3) is 0 Å². The Morgan fingerprint density at radius 1 is 1.21 bits per heavy atom. The average Bonchev–Trinajstić information content (AvgIpc) is 2.84. The first-order chi connectivity index (χ1) is 9.25. The lowest BCUT2D eigenvalue weighted by Crippen LogP contribution is -2.42. The maximum absolute atomic E-state index is 5.76. The average molecular weight is 259 g/mol. The fourth-order valence-corrected chi connectivity index (χ4v) is 3.56. The highest BCUT2D eigenvalue weighted by Crippen LogP contribution is 2.34. The molecule has 1 aliphatic carbocycles. The van der Waals surface area contributed by atoms with Crippen LogP contribution in [-0.4, -0.2) is 19.2 Å². The van der Waals surface area contributed by atoms with Gasteiger partial charge in [0, 0.05) is 24.1 Å². The van der Waals surface area contributed by atoms with E-state index < -0.39 is 0 Å². The number of fused-ring (bicyclic) bond motifs is 1. The topological polar surface area (TPSA) is 21.3 Å². The van der Waals surface area contributed by atoms with Gasteiger partial charge in [-0.2, -0.15) is 0 Å². The number of benzene rings is 1. The largest absolute Gasteiger partial charge is 0.493 e. The summed E-state index contributed by atoms with van der Waals surface area (Å²) in [5.74, 6) is 3.27. The van der Waals surface area contributed by atoms with Crippen molar-refractivity contribution in [3.63, 3.8) is 0 Å². The quantitative estimate of drug-likeness (QED) is 0.896. The molecule has 1 heterocycles. The number of hydrogen-bond acceptors (Lipinski definition) is 2. The second kappa shape index (κ2) is 5.54. The van der Waals surface area contributed by atoms with Gasteiger partial charge in [-0.3, -0.25) is 0 Å². The van der Waals surface area contributed by atoms with Crippen LogP contribution in [-0.2, 0) is 0 Å². The standard InChI is InChI=1S/C17H25NO/c1-12-6-5-8-16(13(12)2)18-10-14-11-19-17-9-4-3-7-15(14)17/h3-4,7,9,12-14,16,18H,5-6,8,10-11H2,1-2H3. The Kier molecular flexibility index (Phi) is 3.79. The van der Waals surface area contributed by atoms with Crippen LogP contribution >= 0.6 is 0 Å². The highest BCUT2D eigenvalue weighted by atomic mass is 16.5. The summed E-state index contributed by atoms with van der Waals surface area (Å²) in [6.45, 7) is 6.69. The Morgan fingerprint density at radius 3 is 2.95 bits per heavy atom. The second-order valence-electron chi connectivity index (χ2n) is 6.33. The molecule has 0 spiro atoms. The predicted molar refractivity (Wildman–Crippen MR) is 78.6 cm³/mol. The van der Waals surface area contributed by atoms with Gasteiger partial charge < -0.3 is 10.1 Å². The third kappa shape index (κ3) is 2.64. The summed E-state index contributed by atoms with van der Waals surface area (Å²) in [7, 11) is 0. The maximum atomic E-state index is 5.76. The molecule has 4 atom stereocenters. The van der Waals surface area contributed by atoms with Gasteiger partial charge >= 0.3 is 0 Å². The Bertz CT molecular complexity index is 431. The fraction of sp³-hybridized carbons (Fsp3) is 0.647. The van der Waals surface area contributed by atoms with Gasteiger partial charge in [-0.05, 0) is 24.3 Å². The molecule has 2 heteroatoms. The first-order valence-corrected chi connectivity index (χ1v) is 7.71. The lowest BCUT2D eigenvalue weighted by molar-refractivity contribution is 0.202. The van der Waals surface area contributed by atoms with Crippen molar-refractivity contribution >= 4 is 0 Å². The van der Waals surface area contributed by atoms with E-state index in [1.165, 1.54) is 24.8 Å². The molecular weight excluding hydrogens is 234 g/mol. The third-order valence-electron chi connectivity index (χ3n) is 5.13. The molecule has 0 aromatic heterocycles. The summed E-state index contributed by atoms with van der Waals surface area (Å²) in [4.78, 5) is 0. The van der Waals surface area contributed by atoms with Crippen molar-refractivity contribution in [3.8, 4) is 5.75 Å². The first-order valence-electron chi connectivity index (χ1n) is 7.71. The van der Waals surface area contributed by atoms with Crippen LogP contribution < -0.4 is 10.1 Å². The number of nitrogens with one attached hydrogen (secondary N) is 1. The molecule has 1 fully saturated rings. The Hall–Kier alpha value is -1.02. The van der Waals surface area contributed by atoms with E-state index in [1.54, 1.807) is 0 Å². The van der Waals surface area contributed by atoms with E-state index in [0.29, 0.717) is 12.0 Å². The van der Waals surface area contributed by atoms with Gasteiger partial charge in [0.15, 0.2) is 0 Å². The van der Waals surface area contributed by atoms with Crippen molar-refractivity contribution in [2.45, 2.75) is 45.1 Å². The van der Waals surface area contributed by atoms with Gasteiger partial charge in [-0.1, -0.05) is 44.9 Å². The summed E-state index contributed by atoms with van der Waals surface area (Å²) >= 11 is 0. The molecule has 1 saturated carbocycles.